The molecule has 2 aromatic heterocycles. The Hall–Kier alpha value is -1.08. The van der Waals surface area contributed by atoms with E-state index in [1.54, 1.807) is 0 Å². The van der Waals surface area contributed by atoms with Gasteiger partial charge in [-0.2, -0.15) is 0 Å². The summed E-state index contributed by atoms with van der Waals surface area (Å²) in [6.07, 6.45) is 1.86. The van der Waals surface area contributed by atoms with Crippen molar-refractivity contribution < 1.29 is 4.43 Å². The highest BCUT2D eigenvalue weighted by Gasteiger charge is 2.39. The number of H-pyrrole nitrogens is 1. The fourth-order valence-electron chi connectivity index (χ4n) is 2.28. The molecule has 22 heavy (non-hydrogen) atoms. The van der Waals surface area contributed by atoms with Gasteiger partial charge in [0.15, 0.2) is 0 Å². The second kappa shape index (κ2) is 5.23. The summed E-state index contributed by atoms with van der Waals surface area (Å²) in [7, 11) is -1.82. The third kappa shape index (κ3) is 2.64. The van der Waals surface area contributed by atoms with Gasteiger partial charge in [0.25, 0.3) is 0 Å². The lowest BCUT2D eigenvalue weighted by molar-refractivity contribution is 0.493. The molecule has 0 aliphatic rings. The largest absolute Gasteiger partial charge is 0.543 e. The van der Waals surface area contributed by atoms with Crippen LogP contribution in [0.2, 0.25) is 18.1 Å². The Morgan fingerprint density at radius 3 is 2.55 bits per heavy atom. The predicted octanol–water partition coefficient (Wildman–Crippen LogP) is 5.70. The van der Waals surface area contributed by atoms with E-state index in [0.29, 0.717) is 0 Å². The number of hydrogen-bond donors (Lipinski definition) is 1. The summed E-state index contributed by atoms with van der Waals surface area (Å²) >= 11 is 2.27. The second-order valence-corrected chi connectivity index (χ2v) is 13.0. The van der Waals surface area contributed by atoms with Gasteiger partial charge in [0.1, 0.15) is 9.45 Å². The Morgan fingerprint density at radius 2 is 1.86 bits per heavy atom. The summed E-state index contributed by atoms with van der Waals surface area (Å²) in [5.74, 6) is 0.965. The van der Waals surface area contributed by atoms with Gasteiger partial charge in [0, 0.05) is 22.5 Å². The van der Waals surface area contributed by atoms with Gasteiger partial charge in [-0.25, -0.2) is 4.98 Å². The summed E-state index contributed by atoms with van der Waals surface area (Å²) in [6.45, 7) is 11.3. The molecular formula is C17H21IN2OSi. The van der Waals surface area contributed by atoms with Crippen LogP contribution in [0.25, 0.3) is 21.8 Å². The van der Waals surface area contributed by atoms with Gasteiger partial charge in [0.05, 0.1) is 5.52 Å². The van der Waals surface area contributed by atoms with Gasteiger partial charge in [-0.3, -0.25) is 0 Å². The molecule has 5 heteroatoms. The van der Waals surface area contributed by atoms with Crippen molar-refractivity contribution in [3.8, 4) is 5.75 Å². The van der Waals surface area contributed by atoms with E-state index >= 15 is 0 Å². The molecule has 0 aliphatic heterocycles. The number of aromatic nitrogens is 2. The molecule has 0 atom stereocenters. The van der Waals surface area contributed by atoms with Crippen LogP contribution in [0.1, 0.15) is 20.8 Å². The fraction of sp³-hybridized carbons (Fsp3) is 0.353. The lowest BCUT2D eigenvalue weighted by Crippen LogP contribution is -2.43. The molecule has 0 radical (unpaired) electrons. The Kier molecular flexibility index (Phi) is 3.76. The van der Waals surface area contributed by atoms with Crippen LogP contribution in [0.15, 0.2) is 30.5 Å². The molecule has 3 nitrogen and oxygen atoms in total. The highest BCUT2D eigenvalue weighted by molar-refractivity contribution is 14.1. The first-order valence-corrected chi connectivity index (χ1v) is 11.4. The quantitative estimate of drug-likeness (QED) is 0.325. The van der Waals surface area contributed by atoms with Crippen LogP contribution in [0.5, 0.6) is 5.75 Å². The Morgan fingerprint density at radius 1 is 1.14 bits per heavy atom. The van der Waals surface area contributed by atoms with Crippen molar-refractivity contribution in [3.63, 3.8) is 0 Å². The molecule has 0 saturated carbocycles. The topological polar surface area (TPSA) is 37.9 Å². The first-order valence-electron chi connectivity index (χ1n) is 7.44. The normalized spacial score (nSPS) is 13.0. The first kappa shape index (κ1) is 15.8. The monoisotopic (exact) mass is 424 g/mol. The Balaban J connectivity index is 2.10. The third-order valence-electron chi connectivity index (χ3n) is 4.62. The Labute approximate surface area is 145 Å². The highest BCUT2D eigenvalue weighted by atomic mass is 127. The van der Waals surface area contributed by atoms with Crippen LogP contribution in [-0.2, 0) is 0 Å². The van der Waals surface area contributed by atoms with Crippen molar-refractivity contribution in [2.75, 3.05) is 0 Å². The summed E-state index contributed by atoms with van der Waals surface area (Å²) in [4.78, 5) is 7.80. The summed E-state index contributed by atoms with van der Waals surface area (Å²) in [6, 6.07) is 8.39. The molecule has 0 saturated heterocycles. The van der Waals surface area contributed by atoms with E-state index in [1.165, 1.54) is 10.8 Å². The zero-order valence-corrected chi connectivity index (χ0v) is 16.8. The Bertz CT molecular complexity index is 849. The molecule has 3 rings (SSSR count). The maximum absolute atomic E-state index is 6.43. The third-order valence-corrected chi connectivity index (χ3v) is 9.80. The molecule has 0 aliphatic carbocycles. The first-order chi connectivity index (χ1) is 10.2. The van der Waals surface area contributed by atoms with E-state index in [1.807, 2.05) is 6.20 Å². The predicted molar refractivity (Wildman–Crippen MR) is 104 cm³/mol. The number of nitrogens with zero attached hydrogens (tertiary/aromatic N) is 1. The smallest absolute Gasteiger partial charge is 0.250 e. The average molecular weight is 424 g/mol. The van der Waals surface area contributed by atoms with Crippen molar-refractivity contribution in [2.45, 2.75) is 38.9 Å². The lowest BCUT2D eigenvalue weighted by Gasteiger charge is -2.36. The molecule has 116 valence electrons. The molecule has 0 unspecified atom stereocenters. The van der Waals surface area contributed by atoms with Gasteiger partial charge >= 0.3 is 0 Å². The van der Waals surface area contributed by atoms with Crippen LogP contribution in [-0.4, -0.2) is 18.3 Å². The van der Waals surface area contributed by atoms with Crippen LogP contribution < -0.4 is 4.43 Å². The van der Waals surface area contributed by atoms with Crippen molar-refractivity contribution in [3.05, 3.63) is 34.2 Å². The molecule has 1 aromatic carbocycles. The standard InChI is InChI=1S/C17H21IN2OSi/c1-17(2,3)22(4,5)21-11-6-7-14-13(10-11)12-8-9-19-16(18)15(12)20-14/h6-10,20H,1-5H3. The molecule has 0 bridgehead atoms. The van der Waals surface area contributed by atoms with Crippen LogP contribution in [0.4, 0.5) is 0 Å². The maximum atomic E-state index is 6.43. The van der Waals surface area contributed by atoms with Crippen molar-refractivity contribution in [2.24, 2.45) is 0 Å². The number of hydrogen-bond acceptors (Lipinski definition) is 2. The number of rotatable bonds is 2. The fourth-order valence-corrected chi connectivity index (χ4v) is 3.89. The average Bonchev–Trinajstić information content (AvgIpc) is 2.77. The van der Waals surface area contributed by atoms with Crippen LogP contribution in [0, 0.1) is 3.70 Å². The molecule has 1 N–H and O–H groups in total. The van der Waals surface area contributed by atoms with Crippen molar-refractivity contribution in [1.82, 2.24) is 9.97 Å². The number of halogens is 1. The van der Waals surface area contributed by atoms with E-state index < -0.39 is 8.32 Å². The van der Waals surface area contributed by atoms with Gasteiger partial charge in [-0.05, 0) is 65.0 Å². The van der Waals surface area contributed by atoms with E-state index in [4.69, 9.17) is 4.43 Å². The minimum atomic E-state index is -1.82. The van der Waals surface area contributed by atoms with Crippen molar-refractivity contribution in [1.29, 1.82) is 0 Å². The molecule has 2 heterocycles. The number of nitrogens with one attached hydrogen (secondary N) is 1. The number of benzene rings is 1. The lowest BCUT2D eigenvalue weighted by atomic mass is 10.2. The molecule has 0 fully saturated rings. The molecule has 0 spiro atoms. The van der Waals surface area contributed by atoms with Gasteiger partial charge in [-0.15, -0.1) is 0 Å². The summed E-state index contributed by atoms with van der Waals surface area (Å²) < 4.78 is 7.43. The maximum Gasteiger partial charge on any atom is 0.250 e. The van der Waals surface area contributed by atoms with Crippen molar-refractivity contribution >= 4 is 52.7 Å². The van der Waals surface area contributed by atoms with E-state index in [9.17, 15) is 0 Å². The summed E-state index contributed by atoms with van der Waals surface area (Å²) in [5.41, 5.74) is 2.23. The number of aromatic amines is 1. The number of fused-ring (bicyclic) bond motifs is 3. The zero-order valence-electron chi connectivity index (χ0n) is 13.6. The minimum Gasteiger partial charge on any atom is -0.543 e. The van der Waals surface area contributed by atoms with E-state index in [-0.39, 0.29) is 5.04 Å². The highest BCUT2D eigenvalue weighted by Crippen LogP contribution is 2.38. The number of pyridine rings is 1. The zero-order chi connectivity index (χ0) is 16.1. The molecular weight excluding hydrogens is 403 g/mol. The van der Waals surface area contributed by atoms with E-state index in [0.717, 1.165) is 20.5 Å². The van der Waals surface area contributed by atoms with Gasteiger partial charge in [-0.1, -0.05) is 20.8 Å². The van der Waals surface area contributed by atoms with Crippen LogP contribution >= 0.6 is 22.6 Å². The second-order valence-electron chi connectivity index (χ2n) is 7.22. The SMILES string of the molecule is CC(C)(C)[Si](C)(C)Oc1ccc2[nH]c3c(I)nccc3c2c1. The van der Waals surface area contributed by atoms with Gasteiger partial charge in [0.2, 0.25) is 8.32 Å². The summed E-state index contributed by atoms with van der Waals surface area (Å²) in [5, 5.41) is 2.60. The van der Waals surface area contributed by atoms with E-state index in [2.05, 4.69) is 90.7 Å². The van der Waals surface area contributed by atoms with Gasteiger partial charge < -0.3 is 9.41 Å². The minimum absolute atomic E-state index is 0.196. The van der Waals surface area contributed by atoms with Crippen LogP contribution in [0.3, 0.4) is 0 Å². The molecule has 3 aromatic rings. The molecule has 0 amide bonds.